The topological polar surface area (TPSA) is 43.6 Å². The molecule has 0 aliphatic heterocycles. The van der Waals surface area contributed by atoms with E-state index in [2.05, 4.69) is 11.9 Å². The molecule has 0 saturated heterocycles. The molecule has 0 aliphatic rings. The van der Waals surface area contributed by atoms with E-state index in [4.69, 9.17) is 4.74 Å². The van der Waals surface area contributed by atoms with E-state index in [0.29, 0.717) is 17.1 Å². The third-order valence-corrected chi connectivity index (χ3v) is 3.99. The molecule has 0 aliphatic carbocycles. The minimum absolute atomic E-state index is 0.0324. The molecule has 0 bridgehead atoms. The van der Waals surface area contributed by atoms with Crippen molar-refractivity contribution in [3.8, 4) is 5.88 Å². The first-order chi connectivity index (χ1) is 11.3. The average Bonchev–Trinajstić information content (AvgIpc) is 2.98. The summed E-state index contributed by atoms with van der Waals surface area (Å²) in [6.45, 7) is 2.15. The Kier molecular flexibility index (Phi) is 4.42. The predicted octanol–water partition coefficient (Wildman–Crippen LogP) is 3.92. The molecule has 0 radical (unpaired) electrons. The minimum atomic E-state index is 0.0324. The lowest BCUT2D eigenvalue weighted by Gasteiger charge is -2.07. The summed E-state index contributed by atoms with van der Waals surface area (Å²) in [6, 6.07) is 11.4. The van der Waals surface area contributed by atoms with Gasteiger partial charge in [0.2, 0.25) is 11.7 Å². The van der Waals surface area contributed by atoms with Gasteiger partial charge in [-0.15, -0.1) is 0 Å². The number of nitrogens with zero attached hydrogens (tertiary/aromatic N) is 2. The number of carbonyl (C=O) groups is 1. The fourth-order valence-corrected chi connectivity index (χ4v) is 2.83. The van der Waals surface area contributed by atoms with Crippen LogP contribution in [-0.4, -0.2) is 22.3 Å². The van der Waals surface area contributed by atoms with Crippen molar-refractivity contribution in [3.63, 3.8) is 0 Å². The Labute approximate surface area is 135 Å². The Hall–Kier alpha value is -2.62. The van der Waals surface area contributed by atoms with E-state index in [1.54, 1.807) is 13.3 Å². The van der Waals surface area contributed by atoms with Crippen LogP contribution in [-0.2, 0) is 6.42 Å². The van der Waals surface area contributed by atoms with Gasteiger partial charge in [0.15, 0.2) is 0 Å². The highest BCUT2D eigenvalue weighted by atomic mass is 16.5. The molecule has 0 unspecified atom stereocenters. The number of hydrogen-bond donors (Lipinski definition) is 0. The highest BCUT2D eigenvalue weighted by Gasteiger charge is 2.20. The van der Waals surface area contributed by atoms with Gasteiger partial charge in [0.25, 0.3) is 0 Å². The fourth-order valence-electron chi connectivity index (χ4n) is 2.83. The molecule has 3 aromatic rings. The van der Waals surface area contributed by atoms with Gasteiger partial charge in [0.05, 0.1) is 12.8 Å². The molecular weight excluding hydrogens is 288 g/mol. The second-order valence-corrected chi connectivity index (χ2v) is 5.51. The number of hydrogen-bond acceptors (Lipinski definition) is 3. The van der Waals surface area contributed by atoms with E-state index >= 15 is 0 Å². The van der Waals surface area contributed by atoms with E-state index in [9.17, 15) is 4.79 Å². The number of aryl methyl sites for hydroxylation is 1. The van der Waals surface area contributed by atoms with E-state index in [-0.39, 0.29) is 5.78 Å². The standard InChI is InChI=1S/C19H20N2O2/c1-3-4-8-15-13-16-19(23-2)20-11-12-21(16)17(15)18(22)14-9-6-5-7-10-14/h5-7,9-13H,3-4,8H2,1-2H3. The van der Waals surface area contributed by atoms with E-state index in [1.807, 2.05) is 47.0 Å². The third-order valence-electron chi connectivity index (χ3n) is 3.99. The monoisotopic (exact) mass is 308 g/mol. The largest absolute Gasteiger partial charge is 0.480 e. The van der Waals surface area contributed by atoms with E-state index in [0.717, 1.165) is 30.3 Å². The van der Waals surface area contributed by atoms with Crippen LogP contribution in [0.2, 0.25) is 0 Å². The SMILES string of the molecule is CCCCc1cc2c(OC)nccn2c1C(=O)c1ccccc1. The second kappa shape index (κ2) is 6.65. The third kappa shape index (κ3) is 2.84. The van der Waals surface area contributed by atoms with Gasteiger partial charge in [-0.25, -0.2) is 4.98 Å². The summed E-state index contributed by atoms with van der Waals surface area (Å²) in [5, 5.41) is 0. The quantitative estimate of drug-likeness (QED) is 0.648. The van der Waals surface area contributed by atoms with Gasteiger partial charge in [-0.3, -0.25) is 4.79 Å². The molecule has 0 atom stereocenters. The van der Waals surface area contributed by atoms with Crippen LogP contribution in [0.3, 0.4) is 0 Å². The van der Waals surface area contributed by atoms with Crippen LogP contribution in [0, 0.1) is 0 Å². The summed E-state index contributed by atoms with van der Waals surface area (Å²) in [5.41, 5.74) is 3.29. The van der Waals surface area contributed by atoms with Gasteiger partial charge in [-0.2, -0.15) is 0 Å². The lowest BCUT2D eigenvalue weighted by molar-refractivity contribution is 0.103. The van der Waals surface area contributed by atoms with Crippen molar-refractivity contribution in [1.82, 2.24) is 9.38 Å². The Morgan fingerprint density at radius 2 is 2.04 bits per heavy atom. The van der Waals surface area contributed by atoms with Crippen LogP contribution in [0.1, 0.15) is 41.4 Å². The normalized spacial score (nSPS) is 10.9. The van der Waals surface area contributed by atoms with Gasteiger partial charge >= 0.3 is 0 Å². The number of ketones is 1. The number of aromatic nitrogens is 2. The van der Waals surface area contributed by atoms with Crippen LogP contribution < -0.4 is 4.74 Å². The highest BCUT2D eigenvalue weighted by molar-refractivity contribution is 6.09. The number of unbranched alkanes of at least 4 members (excludes halogenated alkanes) is 1. The summed E-state index contributed by atoms with van der Waals surface area (Å²) in [5.74, 6) is 0.572. The van der Waals surface area contributed by atoms with Crippen molar-refractivity contribution < 1.29 is 9.53 Å². The van der Waals surface area contributed by atoms with Crippen LogP contribution in [0.15, 0.2) is 48.8 Å². The molecular formula is C19H20N2O2. The van der Waals surface area contributed by atoms with Gasteiger partial charge in [0, 0.05) is 18.0 Å². The van der Waals surface area contributed by atoms with Crippen LogP contribution in [0.4, 0.5) is 0 Å². The molecule has 0 amide bonds. The summed E-state index contributed by atoms with van der Waals surface area (Å²) < 4.78 is 7.24. The van der Waals surface area contributed by atoms with Crippen LogP contribution >= 0.6 is 0 Å². The molecule has 0 N–H and O–H groups in total. The zero-order chi connectivity index (χ0) is 16.2. The van der Waals surface area contributed by atoms with Crippen molar-refractivity contribution in [2.45, 2.75) is 26.2 Å². The molecule has 2 heterocycles. The molecule has 0 fully saturated rings. The number of rotatable bonds is 6. The van der Waals surface area contributed by atoms with Gasteiger partial charge in [0.1, 0.15) is 5.52 Å². The molecule has 1 aromatic carbocycles. The smallest absolute Gasteiger partial charge is 0.238 e. The number of carbonyl (C=O) groups excluding carboxylic acids is 1. The number of fused-ring (bicyclic) bond motifs is 1. The van der Waals surface area contributed by atoms with Crippen molar-refractivity contribution in [2.75, 3.05) is 7.11 Å². The van der Waals surface area contributed by atoms with Gasteiger partial charge in [-0.05, 0) is 24.5 Å². The zero-order valence-electron chi connectivity index (χ0n) is 13.5. The van der Waals surface area contributed by atoms with Gasteiger partial charge in [-0.1, -0.05) is 43.7 Å². The number of methoxy groups -OCH3 is 1. The molecule has 0 saturated carbocycles. The first-order valence-electron chi connectivity index (χ1n) is 7.89. The summed E-state index contributed by atoms with van der Waals surface area (Å²) >= 11 is 0. The number of ether oxygens (including phenoxy) is 1. The summed E-state index contributed by atoms with van der Waals surface area (Å²) in [4.78, 5) is 17.3. The lowest BCUT2D eigenvalue weighted by Crippen LogP contribution is -2.08. The van der Waals surface area contributed by atoms with E-state index in [1.165, 1.54) is 0 Å². The predicted molar refractivity (Wildman–Crippen MR) is 90.2 cm³/mol. The maximum Gasteiger partial charge on any atom is 0.238 e. The van der Waals surface area contributed by atoms with Crippen molar-refractivity contribution in [3.05, 3.63) is 65.6 Å². The highest BCUT2D eigenvalue weighted by Crippen LogP contribution is 2.26. The van der Waals surface area contributed by atoms with Crippen molar-refractivity contribution >= 4 is 11.3 Å². The molecule has 23 heavy (non-hydrogen) atoms. The van der Waals surface area contributed by atoms with Crippen molar-refractivity contribution in [1.29, 1.82) is 0 Å². The maximum absolute atomic E-state index is 13.0. The Balaban J connectivity index is 2.18. The van der Waals surface area contributed by atoms with E-state index < -0.39 is 0 Å². The summed E-state index contributed by atoms with van der Waals surface area (Å²) in [6.07, 6.45) is 6.48. The molecule has 2 aromatic heterocycles. The Bertz CT molecular complexity index is 822. The first-order valence-corrected chi connectivity index (χ1v) is 7.89. The number of benzene rings is 1. The maximum atomic E-state index is 13.0. The minimum Gasteiger partial charge on any atom is -0.480 e. The Morgan fingerprint density at radius 1 is 1.26 bits per heavy atom. The molecule has 118 valence electrons. The first kappa shape index (κ1) is 15.3. The lowest BCUT2D eigenvalue weighted by atomic mass is 10.0. The molecule has 4 nitrogen and oxygen atoms in total. The van der Waals surface area contributed by atoms with Crippen molar-refractivity contribution in [2.24, 2.45) is 0 Å². The zero-order valence-corrected chi connectivity index (χ0v) is 13.5. The second-order valence-electron chi connectivity index (χ2n) is 5.51. The average molecular weight is 308 g/mol. The van der Waals surface area contributed by atoms with Gasteiger partial charge < -0.3 is 9.14 Å². The molecule has 3 rings (SSSR count). The van der Waals surface area contributed by atoms with Crippen LogP contribution in [0.5, 0.6) is 5.88 Å². The fraction of sp³-hybridized carbons (Fsp3) is 0.263. The summed E-state index contributed by atoms with van der Waals surface area (Å²) in [7, 11) is 1.60. The molecule has 4 heteroatoms. The Morgan fingerprint density at radius 3 is 2.74 bits per heavy atom. The van der Waals surface area contributed by atoms with Crippen LogP contribution in [0.25, 0.3) is 5.52 Å². The molecule has 0 spiro atoms.